The van der Waals surface area contributed by atoms with Crippen molar-refractivity contribution in [3.63, 3.8) is 0 Å². The van der Waals surface area contributed by atoms with Crippen LogP contribution in [0.2, 0.25) is 0 Å². The highest BCUT2D eigenvalue weighted by atomic mass is 32.1. The number of benzene rings is 1. The smallest absolute Gasteiger partial charge is 0.240 e. The number of hydrogen-bond donors (Lipinski definition) is 1. The Morgan fingerprint density at radius 1 is 1.07 bits per heavy atom. The lowest BCUT2D eigenvalue weighted by atomic mass is 9.73. The van der Waals surface area contributed by atoms with Crippen molar-refractivity contribution in [1.29, 1.82) is 0 Å². The Morgan fingerprint density at radius 2 is 1.82 bits per heavy atom. The Balaban J connectivity index is 1.48. The SMILES string of the molecule is O=C(CN1C(=O)CC2(CCCCC2)C1=O)N[C@H](c1ccccc1)c1cccs1. The zero-order valence-electron chi connectivity index (χ0n) is 15.7. The minimum absolute atomic E-state index is 0.153. The van der Waals surface area contributed by atoms with Gasteiger partial charge in [0, 0.05) is 11.3 Å². The molecule has 4 rings (SSSR count). The van der Waals surface area contributed by atoms with Gasteiger partial charge in [-0.15, -0.1) is 11.3 Å². The molecule has 0 unspecified atom stereocenters. The van der Waals surface area contributed by atoms with E-state index in [4.69, 9.17) is 0 Å². The molecule has 1 spiro atoms. The Hall–Kier alpha value is -2.47. The predicted molar refractivity (Wildman–Crippen MR) is 108 cm³/mol. The Labute approximate surface area is 168 Å². The van der Waals surface area contributed by atoms with Crippen molar-refractivity contribution >= 4 is 29.1 Å². The first-order valence-electron chi connectivity index (χ1n) is 9.82. The molecule has 28 heavy (non-hydrogen) atoms. The average Bonchev–Trinajstić information content (AvgIpc) is 3.31. The van der Waals surface area contributed by atoms with Crippen LogP contribution in [0, 0.1) is 5.41 Å². The molecule has 2 aliphatic rings. The van der Waals surface area contributed by atoms with E-state index in [1.165, 1.54) is 4.90 Å². The van der Waals surface area contributed by atoms with Gasteiger partial charge in [-0.3, -0.25) is 19.3 Å². The molecular weight excluding hydrogens is 372 g/mol. The van der Waals surface area contributed by atoms with Gasteiger partial charge in [-0.2, -0.15) is 0 Å². The number of amides is 3. The maximum atomic E-state index is 12.9. The second-order valence-corrected chi connectivity index (χ2v) is 8.71. The monoisotopic (exact) mass is 396 g/mol. The largest absolute Gasteiger partial charge is 0.343 e. The lowest BCUT2D eigenvalue weighted by Gasteiger charge is -2.30. The third kappa shape index (κ3) is 3.61. The lowest BCUT2D eigenvalue weighted by Crippen LogP contribution is -2.43. The fourth-order valence-corrected chi connectivity index (χ4v) is 5.21. The molecule has 1 aliphatic carbocycles. The first-order chi connectivity index (χ1) is 13.6. The van der Waals surface area contributed by atoms with E-state index in [2.05, 4.69) is 5.32 Å². The summed E-state index contributed by atoms with van der Waals surface area (Å²) in [6.07, 6.45) is 4.85. The highest BCUT2D eigenvalue weighted by Gasteiger charge is 2.51. The zero-order chi connectivity index (χ0) is 19.6. The number of nitrogens with one attached hydrogen (secondary N) is 1. The topological polar surface area (TPSA) is 66.5 Å². The summed E-state index contributed by atoms with van der Waals surface area (Å²) in [5.41, 5.74) is 0.420. The van der Waals surface area contributed by atoms with Crippen LogP contribution in [0.5, 0.6) is 0 Å². The van der Waals surface area contributed by atoms with Gasteiger partial charge in [-0.05, 0) is 29.9 Å². The molecule has 1 atom stereocenters. The van der Waals surface area contributed by atoms with E-state index in [1.54, 1.807) is 11.3 Å². The van der Waals surface area contributed by atoms with Crippen molar-refractivity contribution in [2.45, 2.75) is 44.6 Å². The third-order valence-electron chi connectivity index (χ3n) is 5.87. The fourth-order valence-electron chi connectivity index (χ4n) is 4.41. The highest BCUT2D eigenvalue weighted by molar-refractivity contribution is 7.10. The van der Waals surface area contributed by atoms with E-state index >= 15 is 0 Å². The van der Waals surface area contributed by atoms with Crippen LogP contribution in [0.25, 0.3) is 0 Å². The van der Waals surface area contributed by atoms with E-state index in [1.807, 2.05) is 47.8 Å². The van der Waals surface area contributed by atoms with Crippen molar-refractivity contribution in [3.8, 4) is 0 Å². The molecule has 1 aliphatic heterocycles. The van der Waals surface area contributed by atoms with Crippen molar-refractivity contribution in [3.05, 3.63) is 58.3 Å². The second-order valence-electron chi connectivity index (χ2n) is 7.73. The molecule has 0 radical (unpaired) electrons. The number of thiophene rings is 1. The Morgan fingerprint density at radius 3 is 2.50 bits per heavy atom. The van der Waals surface area contributed by atoms with Gasteiger partial charge >= 0.3 is 0 Å². The number of carbonyl (C=O) groups excluding carboxylic acids is 3. The predicted octanol–water partition coefficient (Wildman–Crippen LogP) is 3.66. The van der Waals surface area contributed by atoms with Gasteiger partial charge in [0.05, 0.1) is 11.5 Å². The molecule has 5 nitrogen and oxygen atoms in total. The number of imide groups is 1. The molecule has 1 saturated heterocycles. The van der Waals surface area contributed by atoms with E-state index in [0.717, 1.165) is 42.5 Å². The molecule has 1 aromatic carbocycles. The highest BCUT2D eigenvalue weighted by Crippen LogP contribution is 2.45. The number of nitrogens with zero attached hydrogens (tertiary/aromatic N) is 1. The van der Waals surface area contributed by atoms with Gasteiger partial charge in [0.1, 0.15) is 6.54 Å². The lowest BCUT2D eigenvalue weighted by molar-refractivity contribution is -0.145. The van der Waals surface area contributed by atoms with E-state index < -0.39 is 5.41 Å². The fraction of sp³-hybridized carbons (Fsp3) is 0.409. The minimum atomic E-state index is -0.553. The van der Waals surface area contributed by atoms with Crippen LogP contribution in [0.1, 0.15) is 55.0 Å². The van der Waals surface area contributed by atoms with Crippen LogP contribution in [-0.4, -0.2) is 29.2 Å². The number of hydrogen-bond acceptors (Lipinski definition) is 4. The summed E-state index contributed by atoms with van der Waals surface area (Å²) in [6.45, 7) is -0.200. The van der Waals surface area contributed by atoms with Crippen molar-refractivity contribution in [2.75, 3.05) is 6.54 Å². The summed E-state index contributed by atoms with van der Waals surface area (Å²) in [7, 11) is 0. The molecule has 2 fully saturated rings. The van der Waals surface area contributed by atoms with Gasteiger partial charge in [0.15, 0.2) is 0 Å². The Kier molecular flexibility index (Phi) is 5.31. The van der Waals surface area contributed by atoms with Crippen LogP contribution < -0.4 is 5.32 Å². The zero-order valence-corrected chi connectivity index (χ0v) is 16.5. The number of likely N-dealkylation sites (tertiary alicyclic amines) is 1. The molecular formula is C22H24N2O3S. The van der Waals surface area contributed by atoms with Crippen LogP contribution in [0.3, 0.4) is 0 Å². The average molecular weight is 397 g/mol. The molecule has 2 aromatic rings. The molecule has 3 amide bonds. The molecule has 1 saturated carbocycles. The van der Waals surface area contributed by atoms with Crippen LogP contribution >= 0.6 is 11.3 Å². The third-order valence-corrected chi connectivity index (χ3v) is 6.80. The summed E-state index contributed by atoms with van der Waals surface area (Å²) >= 11 is 1.57. The van der Waals surface area contributed by atoms with Crippen LogP contribution in [0.15, 0.2) is 47.8 Å². The number of rotatable bonds is 5. The quantitative estimate of drug-likeness (QED) is 0.785. The van der Waals surface area contributed by atoms with Crippen molar-refractivity contribution in [1.82, 2.24) is 10.2 Å². The van der Waals surface area contributed by atoms with Gasteiger partial charge in [-0.1, -0.05) is 55.7 Å². The van der Waals surface area contributed by atoms with Gasteiger partial charge in [0.25, 0.3) is 0 Å². The van der Waals surface area contributed by atoms with E-state index in [-0.39, 0.29) is 36.7 Å². The standard InChI is InChI=1S/C22H24N2O3S/c25-18(15-24-19(26)14-22(21(24)27)11-5-2-6-12-22)23-20(17-10-7-13-28-17)16-8-3-1-4-9-16/h1,3-4,7-10,13,20H,2,5-6,11-12,14-15H2,(H,23,25)/t20-/m1/s1. The summed E-state index contributed by atoms with van der Waals surface area (Å²) < 4.78 is 0. The normalized spacial score (nSPS) is 19.8. The summed E-state index contributed by atoms with van der Waals surface area (Å²) in [6, 6.07) is 13.4. The molecule has 6 heteroatoms. The summed E-state index contributed by atoms with van der Waals surface area (Å²) in [4.78, 5) is 40.4. The van der Waals surface area contributed by atoms with Crippen molar-refractivity contribution in [2.24, 2.45) is 5.41 Å². The summed E-state index contributed by atoms with van der Waals surface area (Å²) in [5, 5.41) is 4.99. The van der Waals surface area contributed by atoms with E-state index in [0.29, 0.717) is 0 Å². The van der Waals surface area contributed by atoms with E-state index in [9.17, 15) is 14.4 Å². The van der Waals surface area contributed by atoms with Crippen LogP contribution in [-0.2, 0) is 14.4 Å². The van der Waals surface area contributed by atoms with Gasteiger partial charge in [0.2, 0.25) is 17.7 Å². The molecule has 1 aromatic heterocycles. The Bertz CT molecular complexity index is 857. The molecule has 0 bridgehead atoms. The minimum Gasteiger partial charge on any atom is -0.343 e. The van der Waals surface area contributed by atoms with Crippen LogP contribution in [0.4, 0.5) is 0 Å². The first-order valence-corrected chi connectivity index (χ1v) is 10.7. The maximum absolute atomic E-state index is 12.9. The second kappa shape index (κ2) is 7.87. The molecule has 146 valence electrons. The maximum Gasteiger partial charge on any atom is 0.240 e. The molecule has 1 N–H and O–H groups in total. The van der Waals surface area contributed by atoms with Gasteiger partial charge < -0.3 is 5.32 Å². The van der Waals surface area contributed by atoms with Crippen molar-refractivity contribution < 1.29 is 14.4 Å². The summed E-state index contributed by atoms with van der Waals surface area (Å²) in [5.74, 6) is -0.675. The number of carbonyl (C=O) groups is 3. The van der Waals surface area contributed by atoms with Gasteiger partial charge in [-0.25, -0.2) is 0 Å². The molecule has 2 heterocycles. The first kappa shape index (κ1) is 18.9.